The second kappa shape index (κ2) is 11.5. The van der Waals surface area contributed by atoms with E-state index >= 15 is 0 Å². The predicted octanol–water partition coefficient (Wildman–Crippen LogP) is 4.57. The minimum absolute atomic E-state index is 0.0867. The van der Waals surface area contributed by atoms with Crippen LogP contribution in [0.15, 0.2) is 72.8 Å². The summed E-state index contributed by atoms with van der Waals surface area (Å²) in [6.07, 6.45) is 0. The van der Waals surface area contributed by atoms with E-state index in [1.165, 1.54) is 12.1 Å². The van der Waals surface area contributed by atoms with Crippen molar-refractivity contribution in [3.05, 3.63) is 78.6 Å². The molecule has 0 fully saturated rings. The zero-order valence-electron chi connectivity index (χ0n) is 19.6. The van der Waals surface area contributed by atoms with Gasteiger partial charge < -0.3 is 30.7 Å². The molecule has 184 valence electrons. The molecule has 1 heterocycles. The zero-order valence-corrected chi connectivity index (χ0v) is 19.6. The predicted molar refractivity (Wildman–Crippen MR) is 136 cm³/mol. The Hall–Kier alpha value is -4.93. The lowest BCUT2D eigenvalue weighted by Gasteiger charge is -2.12. The number of benzene rings is 3. The zero-order chi connectivity index (χ0) is 25.3. The average Bonchev–Trinajstić information content (AvgIpc) is 2.90. The molecule has 4 aromatic rings. The Labute approximate surface area is 206 Å². The highest BCUT2D eigenvalue weighted by Crippen LogP contribution is 2.22. The lowest BCUT2D eigenvalue weighted by Crippen LogP contribution is -2.23. The average molecular weight is 490 g/mol. The number of halogens is 1. The van der Waals surface area contributed by atoms with Gasteiger partial charge in [0.05, 0.1) is 26.5 Å². The molecule has 0 saturated heterocycles. The molecule has 4 rings (SSSR count). The number of hydrogen-bond donors (Lipinski definition) is 4. The maximum Gasteiger partial charge on any atom is 0.243 e. The van der Waals surface area contributed by atoms with E-state index in [2.05, 4.69) is 36.2 Å². The van der Waals surface area contributed by atoms with Crippen LogP contribution in [0.1, 0.15) is 0 Å². The van der Waals surface area contributed by atoms with Gasteiger partial charge in [-0.1, -0.05) is 12.1 Å². The van der Waals surface area contributed by atoms with Gasteiger partial charge in [0.1, 0.15) is 17.3 Å². The molecule has 0 bridgehead atoms. The number of carbonyl (C=O) groups is 1. The first-order chi connectivity index (χ1) is 17.5. The quantitative estimate of drug-likeness (QED) is 0.254. The highest BCUT2D eigenvalue weighted by Gasteiger charge is 2.11. The number of ether oxygens (including phenoxy) is 2. The van der Waals surface area contributed by atoms with E-state index in [9.17, 15) is 9.18 Å². The summed E-state index contributed by atoms with van der Waals surface area (Å²) in [7, 11) is 3.18. The molecule has 1 aromatic heterocycles. The Kier molecular flexibility index (Phi) is 7.71. The van der Waals surface area contributed by atoms with Gasteiger partial charge in [-0.15, -0.1) is 0 Å². The summed E-state index contributed by atoms with van der Waals surface area (Å²) in [5, 5.41) is 11.6. The van der Waals surface area contributed by atoms with Crippen LogP contribution in [-0.2, 0) is 4.79 Å². The Morgan fingerprint density at radius 1 is 0.750 bits per heavy atom. The monoisotopic (exact) mass is 489 g/mol. The van der Waals surface area contributed by atoms with Gasteiger partial charge in [0, 0.05) is 11.4 Å². The van der Waals surface area contributed by atoms with Crippen LogP contribution in [0.5, 0.6) is 11.5 Å². The van der Waals surface area contributed by atoms with Crippen molar-refractivity contribution in [2.75, 3.05) is 42.0 Å². The summed E-state index contributed by atoms with van der Waals surface area (Å²) in [5.74, 6) is 1.05. The number of nitrogens with one attached hydrogen (secondary N) is 4. The Morgan fingerprint density at radius 2 is 1.25 bits per heavy atom. The van der Waals surface area contributed by atoms with Crippen LogP contribution in [0.3, 0.4) is 0 Å². The van der Waals surface area contributed by atoms with Gasteiger partial charge in [0.25, 0.3) is 0 Å². The van der Waals surface area contributed by atoms with Gasteiger partial charge in [0.15, 0.2) is 0 Å². The highest BCUT2D eigenvalue weighted by atomic mass is 19.1. The van der Waals surface area contributed by atoms with Gasteiger partial charge in [-0.25, -0.2) is 4.39 Å². The molecule has 1 amide bonds. The highest BCUT2D eigenvalue weighted by molar-refractivity contribution is 5.93. The standard InChI is InChI=1S/C25H24FN7O3/c1-35-18-11-7-16(8-12-18)28-24-31-23(27-15-22(34)30-21-6-4-3-5-20(21)26)32-25(33-24)29-17-9-13-19(36-2)14-10-17/h3-14H,15H2,1-2H3,(H,30,34)(H3,27,28,29,31,32,33). The molecule has 0 unspecified atom stereocenters. The molecule has 0 atom stereocenters. The van der Waals surface area contributed by atoms with Crippen molar-refractivity contribution in [3.63, 3.8) is 0 Å². The summed E-state index contributed by atoms with van der Waals surface area (Å²) in [5.41, 5.74) is 1.53. The summed E-state index contributed by atoms with van der Waals surface area (Å²) in [6, 6.07) is 20.4. The Bertz CT molecular complexity index is 1250. The second-order valence-corrected chi connectivity index (χ2v) is 7.39. The lowest BCUT2D eigenvalue weighted by atomic mass is 10.3. The molecule has 10 nitrogen and oxygen atoms in total. The van der Waals surface area contributed by atoms with Gasteiger partial charge in [-0.2, -0.15) is 15.0 Å². The van der Waals surface area contributed by atoms with Crippen LogP contribution in [0.4, 0.5) is 39.3 Å². The van der Waals surface area contributed by atoms with E-state index in [1.54, 1.807) is 50.6 Å². The van der Waals surface area contributed by atoms with Gasteiger partial charge in [-0.05, 0) is 60.7 Å². The lowest BCUT2D eigenvalue weighted by molar-refractivity contribution is -0.114. The molecular weight excluding hydrogens is 465 g/mol. The van der Waals surface area contributed by atoms with E-state index in [4.69, 9.17) is 9.47 Å². The van der Waals surface area contributed by atoms with Crippen LogP contribution in [0.2, 0.25) is 0 Å². The van der Waals surface area contributed by atoms with Crippen LogP contribution < -0.4 is 30.7 Å². The van der Waals surface area contributed by atoms with Crippen molar-refractivity contribution in [1.29, 1.82) is 0 Å². The smallest absolute Gasteiger partial charge is 0.243 e. The first-order valence-corrected chi connectivity index (χ1v) is 10.9. The summed E-state index contributed by atoms with van der Waals surface area (Å²) >= 11 is 0. The number of nitrogens with zero attached hydrogens (tertiary/aromatic N) is 3. The second-order valence-electron chi connectivity index (χ2n) is 7.39. The fourth-order valence-corrected chi connectivity index (χ4v) is 3.09. The molecule has 0 spiro atoms. The number of carbonyl (C=O) groups excluding carboxylic acids is 1. The Morgan fingerprint density at radius 3 is 1.75 bits per heavy atom. The molecule has 3 aromatic carbocycles. The fraction of sp³-hybridized carbons (Fsp3) is 0.120. The fourth-order valence-electron chi connectivity index (χ4n) is 3.09. The molecule has 0 radical (unpaired) electrons. The molecule has 4 N–H and O–H groups in total. The maximum atomic E-state index is 13.8. The number of amides is 1. The van der Waals surface area contributed by atoms with Gasteiger partial charge in [-0.3, -0.25) is 4.79 Å². The number of rotatable bonds is 10. The van der Waals surface area contributed by atoms with Crippen molar-refractivity contribution in [1.82, 2.24) is 15.0 Å². The maximum absolute atomic E-state index is 13.8. The van der Waals surface area contributed by atoms with E-state index < -0.39 is 11.7 Å². The number of aromatic nitrogens is 3. The molecule has 0 saturated carbocycles. The molecule has 11 heteroatoms. The number of hydrogen-bond acceptors (Lipinski definition) is 9. The van der Waals surface area contributed by atoms with E-state index in [0.717, 1.165) is 11.4 Å². The van der Waals surface area contributed by atoms with Crippen molar-refractivity contribution in [2.45, 2.75) is 0 Å². The molecule has 36 heavy (non-hydrogen) atoms. The summed E-state index contributed by atoms with van der Waals surface area (Å²) in [6.45, 7) is -0.192. The number of para-hydroxylation sites is 1. The van der Waals surface area contributed by atoms with Crippen molar-refractivity contribution < 1.29 is 18.7 Å². The van der Waals surface area contributed by atoms with Crippen molar-refractivity contribution >= 4 is 40.8 Å². The topological polar surface area (TPSA) is 122 Å². The largest absolute Gasteiger partial charge is 0.497 e. The molecule has 0 aliphatic rings. The summed E-state index contributed by atoms with van der Waals surface area (Å²) < 4.78 is 24.2. The van der Waals surface area contributed by atoms with Crippen molar-refractivity contribution in [2.24, 2.45) is 0 Å². The number of anilines is 6. The third kappa shape index (κ3) is 6.56. The van der Waals surface area contributed by atoms with Gasteiger partial charge in [0.2, 0.25) is 23.8 Å². The van der Waals surface area contributed by atoms with Gasteiger partial charge >= 0.3 is 0 Å². The van der Waals surface area contributed by atoms with Crippen LogP contribution >= 0.6 is 0 Å². The molecule has 0 aliphatic carbocycles. The van der Waals surface area contributed by atoms with E-state index in [0.29, 0.717) is 11.5 Å². The number of methoxy groups -OCH3 is 2. The normalized spacial score (nSPS) is 10.3. The first-order valence-electron chi connectivity index (χ1n) is 10.9. The molecular formula is C25H24FN7O3. The SMILES string of the molecule is COc1ccc(Nc2nc(NCC(=O)Nc3ccccc3F)nc(Nc3ccc(OC)cc3)n2)cc1. The van der Waals surface area contributed by atoms with Crippen LogP contribution in [-0.4, -0.2) is 41.6 Å². The minimum Gasteiger partial charge on any atom is -0.497 e. The van der Waals surface area contributed by atoms with E-state index in [-0.39, 0.29) is 30.1 Å². The minimum atomic E-state index is -0.525. The first kappa shape index (κ1) is 24.2. The third-order valence-electron chi connectivity index (χ3n) is 4.88. The van der Waals surface area contributed by atoms with E-state index in [1.807, 2.05) is 24.3 Å². The Balaban J connectivity index is 1.52. The van der Waals surface area contributed by atoms with Crippen LogP contribution in [0.25, 0.3) is 0 Å². The third-order valence-corrected chi connectivity index (χ3v) is 4.88. The van der Waals surface area contributed by atoms with Crippen molar-refractivity contribution in [3.8, 4) is 11.5 Å². The summed E-state index contributed by atoms with van der Waals surface area (Å²) in [4.78, 5) is 25.5. The van der Waals surface area contributed by atoms with Crippen LogP contribution in [0, 0.1) is 5.82 Å². The molecule has 0 aliphatic heterocycles.